The Morgan fingerprint density at radius 1 is 0.717 bits per heavy atom. The summed E-state index contributed by atoms with van der Waals surface area (Å²) in [7, 11) is 0. The molecule has 5 rings (SSSR count). The fourth-order valence-electron chi connectivity index (χ4n) is 4.66. The van der Waals surface area contributed by atoms with Crippen LogP contribution in [0, 0.1) is 0 Å². The number of hydrogen-bond acceptors (Lipinski definition) is 4. The van der Waals surface area contributed by atoms with E-state index in [-0.39, 0.29) is 27.3 Å². The van der Waals surface area contributed by atoms with Crippen LogP contribution >= 0.6 is 11.6 Å². The van der Waals surface area contributed by atoms with Crippen molar-refractivity contribution in [3.05, 3.63) is 130 Å². The van der Waals surface area contributed by atoms with E-state index < -0.39 is 57.8 Å². The minimum atomic E-state index is -5.20. The van der Waals surface area contributed by atoms with Crippen molar-refractivity contribution in [3.63, 3.8) is 0 Å². The van der Waals surface area contributed by atoms with Crippen LogP contribution in [0.5, 0.6) is 0 Å². The highest BCUT2D eigenvalue weighted by Gasteiger charge is 2.45. The van der Waals surface area contributed by atoms with Crippen molar-refractivity contribution in [1.82, 2.24) is 9.97 Å². The summed E-state index contributed by atoms with van der Waals surface area (Å²) in [5, 5.41) is 18.9. The average Bonchev–Trinajstić information content (AvgIpc) is 2.99. The number of benzene rings is 3. The van der Waals surface area contributed by atoms with Crippen LogP contribution in [0.4, 0.5) is 39.5 Å². The molecule has 1 atom stereocenters. The third-order valence-corrected chi connectivity index (χ3v) is 6.82. The van der Waals surface area contributed by atoms with E-state index in [1.807, 2.05) is 0 Å². The van der Waals surface area contributed by atoms with E-state index in [0.29, 0.717) is 0 Å². The number of carboxylic acid groups (broad SMARTS) is 1. The van der Waals surface area contributed by atoms with Crippen LogP contribution in [-0.4, -0.2) is 32.3 Å². The molecule has 0 aliphatic carbocycles. The van der Waals surface area contributed by atoms with Crippen LogP contribution in [0.3, 0.4) is 0 Å². The van der Waals surface area contributed by atoms with Crippen LogP contribution in [0.2, 0.25) is 5.02 Å². The number of carboxylic acids is 1. The molecule has 1 unspecified atom stereocenters. The summed E-state index contributed by atoms with van der Waals surface area (Å²) >= 11 is 6.16. The van der Waals surface area contributed by atoms with E-state index in [0.717, 1.165) is 24.3 Å². The number of halogens is 10. The maximum atomic E-state index is 14.7. The van der Waals surface area contributed by atoms with Gasteiger partial charge in [0.25, 0.3) is 0 Å². The lowest BCUT2D eigenvalue weighted by atomic mass is 9.80. The molecule has 0 bridgehead atoms. The number of hydrogen-bond donors (Lipinski definition) is 2. The van der Waals surface area contributed by atoms with E-state index in [9.17, 15) is 44.6 Å². The fraction of sp³-hybridized carbons (Fsp3) is 0.129. The van der Waals surface area contributed by atoms with Gasteiger partial charge in [-0.2, -0.15) is 39.5 Å². The minimum absolute atomic E-state index is 0.0451. The molecule has 0 amide bonds. The molecule has 0 saturated heterocycles. The maximum Gasteiger partial charge on any atom is 0.490 e. The number of aliphatic carboxylic acids is 1. The predicted molar refractivity (Wildman–Crippen MR) is 149 cm³/mol. The maximum absolute atomic E-state index is 14.7. The molecule has 5 aromatic rings. The molecule has 5 nitrogen and oxygen atoms in total. The molecule has 15 heteroatoms. The zero-order valence-corrected chi connectivity index (χ0v) is 23.5. The zero-order chi connectivity index (χ0) is 34.1. The van der Waals surface area contributed by atoms with Crippen LogP contribution in [-0.2, 0) is 22.7 Å². The van der Waals surface area contributed by atoms with Crippen molar-refractivity contribution in [3.8, 4) is 11.1 Å². The summed E-state index contributed by atoms with van der Waals surface area (Å²) < 4.78 is 118. The third-order valence-electron chi connectivity index (χ3n) is 6.58. The molecule has 0 aliphatic heterocycles. The standard InChI is InChI=1S/C29H17ClF6N2O.C2HF3O2/c30-21-10-4-8-18(14-21)27(39,20-9-5-13-37-16-20)19-11-12-23-22(15-19)25(28(31,32)33)24(17-6-2-1-3-7-17)26(38-23)29(34,35)36;3-2(4,5)1(6)7/h1-16,39H;(H,6,7). The van der Waals surface area contributed by atoms with Crippen LogP contribution in [0.1, 0.15) is 27.9 Å². The Morgan fingerprint density at radius 3 is 1.85 bits per heavy atom. The SMILES string of the molecule is O=C(O)C(F)(F)F.OC(c1cccnc1)(c1cccc(Cl)c1)c1ccc2nc(C(F)(F)F)c(-c3ccccc3)c(C(F)(F)F)c2c1. The minimum Gasteiger partial charge on any atom is -0.475 e. The second-order valence-corrected chi connectivity index (χ2v) is 10.0. The number of alkyl halides is 9. The molecule has 240 valence electrons. The first-order valence-corrected chi connectivity index (χ1v) is 13.1. The molecule has 2 N–H and O–H groups in total. The molecule has 2 heterocycles. The largest absolute Gasteiger partial charge is 0.490 e. The van der Waals surface area contributed by atoms with E-state index >= 15 is 0 Å². The molecule has 0 fully saturated rings. The average molecular weight is 673 g/mol. The monoisotopic (exact) mass is 672 g/mol. The number of rotatable bonds is 4. The molecular formula is C31H18ClF9N2O3. The van der Waals surface area contributed by atoms with Crippen LogP contribution in [0.25, 0.3) is 22.0 Å². The van der Waals surface area contributed by atoms with Gasteiger partial charge >= 0.3 is 24.5 Å². The summed E-state index contributed by atoms with van der Waals surface area (Å²) in [5.74, 6) is -2.76. The van der Waals surface area contributed by atoms with Gasteiger partial charge in [0.15, 0.2) is 5.69 Å². The van der Waals surface area contributed by atoms with Crippen molar-refractivity contribution in [1.29, 1.82) is 0 Å². The first-order chi connectivity index (χ1) is 21.3. The first kappa shape index (κ1) is 34.2. The van der Waals surface area contributed by atoms with Gasteiger partial charge < -0.3 is 10.2 Å². The van der Waals surface area contributed by atoms with Crippen molar-refractivity contribution in [2.75, 3.05) is 0 Å². The van der Waals surface area contributed by atoms with E-state index in [1.54, 1.807) is 12.1 Å². The van der Waals surface area contributed by atoms with E-state index in [2.05, 4.69) is 9.97 Å². The Balaban J connectivity index is 0.000000617. The highest BCUT2D eigenvalue weighted by molar-refractivity contribution is 6.30. The number of fused-ring (bicyclic) bond motifs is 1. The number of aromatic nitrogens is 2. The summed E-state index contributed by atoms with van der Waals surface area (Å²) in [6.07, 6.45) is -12.7. The summed E-state index contributed by atoms with van der Waals surface area (Å²) in [6.45, 7) is 0. The van der Waals surface area contributed by atoms with Crippen LogP contribution in [0.15, 0.2) is 97.3 Å². The highest BCUT2D eigenvalue weighted by Crippen LogP contribution is 2.48. The lowest BCUT2D eigenvalue weighted by Gasteiger charge is -2.30. The van der Waals surface area contributed by atoms with E-state index in [4.69, 9.17) is 21.5 Å². The van der Waals surface area contributed by atoms with Crippen molar-refractivity contribution < 1.29 is 54.5 Å². The summed E-state index contributed by atoms with van der Waals surface area (Å²) in [5.41, 5.74) is -6.74. The normalized spacial score (nSPS) is 13.5. The number of pyridine rings is 2. The fourth-order valence-corrected chi connectivity index (χ4v) is 4.85. The smallest absolute Gasteiger partial charge is 0.475 e. The Kier molecular flexibility index (Phi) is 9.36. The van der Waals surface area contributed by atoms with Gasteiger partial charge in [0, 0.05) is 33.9 Å². The summed E-state index contributed by atoms with van der Waals surface area (Å²) in [6, 6.07) is 19.0. The van der Waals surface area contributed by atoms with Gasteiger partial charge in [-0.3, -0.25) is 4.98 Å². The number of nitrogens with zero attached hydrogens (tertiary/aromatic N) is 2. The van der Waals surface area contributed by atoms with Gasteiger partial charge in [-0.05, 0) is 47.0 Å². The predicted octanol–water partition coefficient (Wildman–Crippen LogP) is 8.91. The summed E-state index contributed by atoms with van der Waals surface area (Å²) in [4.78, 5) is 16.6. The second-order valence-electron chi connectivity index (χ2n) is 9.57. The van der Waals surface area contributed by atoms with Gasteiger partial charge in [0.1, 0.15) is 5.60 Å². The Morgan fingerprint density at radius 2 is 1.33 bits per heavy atom. The quantitative estimate of drug-likeness (QED) is 0.186. The molecule has 3 aromatic carbocycles. The molecule has 0 aliphatic rings. The van der Waals surface area contributed by atoms with Crippen molar-refractivity contribution in [2.45, 2.75) is 24.1 Å². The second kappa shape index (κ2) is 12.6. The molecule has 46 heavy (non-hydrogen) atoms. The Bertz CT molecular complexity index is 1860. The zero-order valence-electron chi connectivity index (χ0n) is 22.7. The Hall–Kier alpha value is -4.69. The van der Waals surface area contributed by atoms with Gasteiger partial charge in [0.2, 0.25) is 0 Å². The van der Waals surface area contributed by atoms with Crippen molar-refractivity contribution in [2.24, 2.45) is 0 Å². The van der Waals surface area contributed by atoms with Crippen LogP contribution < -0.4 is 0 Å². The Labute approximate surface area is 258 Å². The lowest BCUT2D eigenvalue weighted by Crippen LogP contribution is -2.29. The first-order valence-electron chi connectivity index (χ1n) is 12.7. The molecule has 0 radical (unpaired) electrons. The topological polar surface area (TPSA) is 83.3 Å². The number of aliphatic hydroxyl groups is 1. The van der Waals surface area contributed by atoms with Gasteiger partial charge in [-0.25, -0.2) is 9.78 Å². The van der Waals surface area contributed by atoms with Crippen molar-refractivity contribution >= 4 is 28.5 Å². The molecule has 0 saturated carbocycles. The highest BCUT2D eigenvalue weighted by atomic mass is 35.5. The molecular weight excluding hydrogens is 655 g/mol. The molecule has 2 aromatic heterocycles. The van der Waals surface area contributed by atoms with E-state index in [1.165, 1.54) is 60.9 Å². The van der Waals surface area contributed by atoms with Gasteiger partial charge in [-0.15, -0.1) is 0 Å². The number of carbonyl (C=O) groups is 1. The lowest BCUT2D eigenvalue weighted by molar-refractivity contribution is -0.192. The third kappa shape index (κ3) is 7.07. The van der Waals surface area contributed by atoms with Gasteiger partial charge in [0.05, 0.1) is 11.1 Å². The van der Waals surface area contributed by atoms with Gasteiger partial charge in [-0.1, -0.05) is 66.2 Å². The molecule has 0 spiro atoms.